The van der Waals surface area contributed by atoms with Crippen LogP contribution in [0.25, 0.3) is 10.1 Å². The van der Waals surface area contributed by atoms with E-state index in [0.717, 1.165) is 4.70 Å². The van der Waals surface area contributed by atoms with Crippen molar-refractivity contribution in [1.29, 1.82) is 0 Å². The third-order valence-corrected chi connectivity index (χ3v) is 6.22. The number of rotatable bonds is 2. The quantitative estimate of drug-likeness (QED) is 0.673. The van der Waals surface area contributed by atoms with Gasteiger partial charge in [0, 0.05) is 41.8 Å². The van der Waals surface area contributed by atoms with Gasteiger partial charge < -0.3 is 9.80 Å². The number of thiophene rings is 1. The van der Waals surface area contributed by atoms with E-state index in [1.165, 1.54) is 17.4 Å². The van der Waals surface area contributed by atoms with Crippen molar-refractivity contribution in [2.75, 3.05) is 26.2 Å². The van der Waals surface area contributed by atoms with E-state index >= 15 is 0 Å². The number of nitrogens with zero attached hydrogens (tertiary/aromatic N) is 2. The maximum absolute atomic E-state index is 14.1. The molecule has 4 rings (SSSR count). The van der Waals surface area contributed by atoms with Crippen LogP contribution in [0.5, 0.6) is 0 Å². The number of amides is 2. The summed E-state index contributed by atoms with van der Waals surface area (Å²) in [4.78, 5) is 29.6. The van der Waals surface area contributed by atoms with Crippen LogP contribution in [0, 0.1) is 12.7 Å². The highest BCUT2D eigenvalue weighted by Gasteiger charge is 2.28. The summed E-state index contributed by atoms with van der Waals surface area (Å²) in [6, 6.07) is 14.1. The van der Waals surface area contributed by atoms with Gasteiger partial charge in [-0.05, 0) is 36.8 Å². The summed E-state index contributed by atoms with van der Waals surface area (Å²) in [5.41, 5.74) is 1.36. The molecule has 1 saturated heterocycles. The monoisotopic (exact) mass is 382 g/mol. The first-order valence-corrected chi connectivity index (χ1v) is 9.69. The smallest absolute Gasteiger partial charge is 0.264 e. The summed E-state index contributed by atoms with van der Waals surface area (Å²) in [6.45, 7) is 3.75. The molecule has 6 heteroatoms. The lowest BCUT2D eigenvalue weighted by Gasteiger charge is -2.34. The van der Waals surface area contributed by atoms with Crippen molar-refractivity contribution in [3.63, 3.8) is 0 Å². The Kier molecular flexibility index (Phi) is 4.66. The molecule has 0 radical (unpaired) electrons. The van der Waals surface area contributed by atoms with E-state index in [9.17, 15) is 14.0 Å². The molecule has 138 valence electrons. The van der Waals surface area contributed by atoms with Gasteiger partial charge in [-0.2, -0.15) is 0 Å². The first kappa shape index (κ1) is 17.7. The summed E-state index contributed by atoms with van der Waals surface area (Å²) in [6.07, 6.45) is 0. The molecule has 0 atom stereocenters. The van der Waals surface area contributed by atoms with E-state index in [0.29, 0.717) is 47.6 Å². The average Bonchev–Trinajstić information content (AvgIpc) is 3.05. The van der Waals surface area contributed by atoms with Crippen LogP contribution in [-0.4, -0.2) is 47.8 Å². The van der Waals surface area contributed by atoms with E-state index < -0.39 is 0 Å². The number of carbonyl (C=O) groups is 2. The Labute approximate surface area is 160 Å². The lowest BCUT2D eigenvalue weighted by molar-refractivity contribution is 0.0538. The van der Waals surface area contributed by atoms with Gasteiger partial charge in [0.05, 0.1) is 4.88 Å². The molecule has 27 heavy (non-hydrogen) atoms. The molecular formula is C21H19FN2O2S. The molecule has 2 amide bonds. The summed E-state index contributed by atoms with van der Waals surface area (Å²) < 4.78 is 14.9. The second kappa shape index (κ2) is 7.12. The number of carbonyl (C=O) groups excluding carboxylic acids is 2. The lowest BCUT2D eigenvalue weighted by atomic mass is 10.1. The van der Waals surface area contributed by atoms with Crippen molar-refractivity contribution >= 4 is 33.2 Å². The highest BCUT2D eigenvalue weighted by molar-refractivity contribution is 7.21. The van der Waals surface area contributed by atoms with Gasteiger partial charge in [0.15, 0.2) is 0 Å². The van der Waals surface area contributed by atoms with Gasteiger partial charge in [0.1, 0.15) is 5.82 Å². The third-order valence-electron chi connectivity index (χ3n) is 4.97. The first-order chi connectivity index (χ1) is 13.1. The fourth-order valence-corrected chi connectivity index (χ4v) is 4.67. The van der Waals surface area contributed by atoms with Crippen molar-refractivity contribution in [2.24, 2.45) is 0 Å². The molecule has 1 fully saturated rings. The van der Waals surface area contributed by atoms with Gasteiger partial charge in [-0.1, -0.05) is 24.3 Å². The minimum atomic E-state index is -0.293. The highest BCUT2D eigenvalue weighted by Crippen LogP contribution is 2.33. The Bertz CT molecular complexity index is 1010. The maximum Gasteiger partial charge on any atom is 0.264 e. The Hall–Kier alpha value is -2.73. The normalized spacial score (nSPS) is 14.6. The largest absolute Gasteiger partial charge is 0.335 e. The SMILES string of the molecule is Cc1c(C(=O)N2CCN(C(=O)c3ccccc3)CC2)sc2cccc(F)c12. The maximum atomic E-state index is 14.1. The first-order valence-electron chi connectivity index (χ1n) is 8.87. The minimum absolute atomic E-state index is 0.0113. The van der Waals surface area contributed by atoms with Gasteiger partial charge in [-0.15, -0.1) is 11.3 Å². The average molecular weight is 382 g/mol. The van der Waals surface area contributed by atoms with Crippen molar-refractivity contribution in [2.45, 2.75) is 6.92 Å². The van der Waals surface area contributed by atoms with Gasteiger partial charge in [-0.25, -0.2) is 4.39 Å². The van der Waals surface area contributed by atoms with E-state index in [-0.39, 0.29) is 17.6 Å². The van der Waals surface area contributed by atoms with Crippen LogP contribution in [0.4, 0.5) is 4.39 Å². The van der Waals surface area contributed by atoms with Crippen LogP contribution < -0.4 is 0 Å². The second-order valence-corrected chi connectivity index (χ2v) is 7.67. The molecule has 1 aliphatic rings. The molecular weight excluding hydrogens is 363 g/mol. The topological polar surface area (TPSA) is 40.6 Å². The number of aryl methyl sites for hydroxylation is 1. The van der Waals surface area contributed by atoms with Crippen molar-refractivity contribution < 1.29 is 14.0 Å². The van der Waals surface area contributed by atoms with E-state index in [1.54, 1.807) is 34.9 Å². The fraction of sp³-hybridized carbons (Fsp3) is 0.238. The van der Waals surface area contributed by atoms with Gasteiger partial charge in [-0.3, -0.25) is 9.59 Å². The van der Waals surface area contributed by atoms with E-state index in [1.807, 2.05) is 24.3 Å². The van der Waals surface area contributed by atoms with E-state index in [4.69, 9.17) is 0 Å². The van der Waals surface area contributed by atoms with Gasteiger partial charge in [0.2, 0.25) is 0 Å². The summed E-state index contributed by atoms with van der Waals surface area (Å²) in [5.74, 6) is -0.388. The van der Waals surface area contributed by atoms with Crippen LogP contribution in [0.2, 0.25) is 0 Å². The number of fused-ring (bicyclic) bond motifs is 1. The molecule has 2 heterocycles. The summed E-state index contributed by atoms with van der Waals surface area (Å²) >= 11 is 1.33. The zero-order chi connectivity index (χ0) is 19.0. The molecule has 2 aromatic carbocycles. The molecule has 0 N–H and O–H groups in total. The molecule has 3 aromatic rings. The zero-order valence-electron chi connectivity index (χ0n) is 14.9. The predicted molar refractivity (Wildman–Crippen MR) is 105 cm³/mol. The highest BCUT2D eigenvalue weighted by atomic mass is 32.1. The van der Waals surface area contributed by atoms with Crippen molar-refractivity contribution in [3.8, 4) is 0 Å². The van der Waals surface area contributed by atoms with Crippen LogP contribution in [-0.2, 0) is 0 Å². The molecule has 0 saturated carbocycles. The Balaban J connectivity index is 1.49. The summed E-state index contributed by atoms with van der Waals surface area (Å²) in [7, 11) is 0. The third kappa shape index (κ3) is 3.21. The Morgan fingerprint density at radius 3 is 2.15 bits per heavy atom. The Morgan fingerprint density at radius 2 is 1.52 bits per heavy atom. The standard InChI is InChI=1S/C21H19FN2O2S/c1-14-18-16(22)8-5-9-17(18)27-19(14)21(26)24-12-10-23(11-13-24)20(25)15-6-3-2-4-7-15/h2-9H,10-13H2,1H3. The molecule has 0 aliphatic carbocycles. The van der Waals surface area contributed by atoms with Crippen molar-refractivity contribution in [3.05, 3.63) is 70.4 Å². The van der Waals surface area contributed by atoms with Gasteiger partial charge in [0.25, 0.3) is 11.8 Å². The van der Waals surface area contributed by atoms with Crippen LogP contribution in [0.1, 0.15) is 25.6 Å². The molecule has 0 spiro atoms. The van der Waals surface area contributed by atoms with Gasteiger partial charge >= 0.3 is 0 Å². The molecule has 0 bridgehead atoms. The molecule has 1 aromatic heterocycles. The number of hydrogen-bond acceptors (Lipinski definition) is 3. The van der Waals surface area contributed by atoms with Crippen molar-refractivity contribution in [1.82, 2.24) is 9.80 Å². The second-order valence-electron chi connectivity index (χ2n) is 6.62. The lowest BCUT2D eigenvalue weighted by Crippen LogP contribution is -2.50. The Morgan fingerprint density at radius 1 is 0.889 bits per heavy atom. The number of benzene rings is 2. The zero-order valence-corrected chi connectivity index (χ0v) is 15.8. The molecule has 4 nitrogen and oxygen atoms in total. The molecule has 0 unspecified atom stereocenters. The minimum Gasteiger partial charge on any atom is -0.335 e. The fourth-order valence-electron chi connectivity index (χ4n) is 3.48. The van der Waals surface area contributed by atoms with Crippen LogP contribution in [0.3, 0.4) is 0 Å². The van der Waals surface area contributed by atoms with Crippen LogP contribution >= 0.6 is 11.3 Å². The molecule has 1 aliphatic heterocycles. The number of piperazine rings is 1. The van der Waals surface area contributed by atoms with Crippen LogP contribution in [0.15, 0.2) is 48.5 Å². The number of halogens is 1. The van der Waals surface area contributed by atoms with E-state index in [2.05, 4.69) is 0 Å². The summed E-state index contributed by atoms with van der Waals surface area (Å²) in [5, 5.41) is 0.531. The predicted octanol–water partition coefficient (Wildman–Crippen LogP) is 3.95. The number of hydrogen-bond donors (Lipinski definition) is 0.